The highest BCUT2D eigenvalue weighted by atomic mass is 16.5. The van der Waals surface area contributed by atoms with Gasteiger partial charge in [-0.3, -0.25) is 0 Å². The number of hydrogen-bond donors (Lipinski definition) is 2. The fraction of sp³-hybridized carbons (Fsp3) is 0.111. The van der Waals surface area contributed by atoms with E-state index in [-0.39, 0.29) is 6.61 Å². The summed E-state index contributed by atoms with van der Waals surface area (Å²) < 4.78 is 5.06. The van der Waals surface area contributed by atoms with E-state index < -0.39 is 6.03 Å². The van der Waals surface area contributed by atoms with Crippen molar-refractivity contribution in [3.8, 4) is 11.8 Å². The summed E-state index contributed by atoms with van der Waals surface area (Å²) in [6, 6.07) is 7.90. The molecule has 5 nitrogen and oxygen atoms in total. The molecule has 0 atom stereocenters. The second kappa shape index (κ2) is 4.72. The van der Waals surface area contributed by atoms with Crippen LogP contribution >= 0.6 is 0 Å². The third-order valence-electron chi connectivity index (χ3n) is 1.44. The van der Waals surface area contributed by atoms with Crippen LogP contribution in [-0.2, 0) is 0 Å². The van der Waals surface area contributed by atoms with Crippen LogP contribution < -0.4 is 15.8 Å². The van der Waals surface area contributed by atoms with Crippen molar-refractivity contribution in [2.24, 2.45) is 5.73 Å². The fourth-order valence-electron chi connectivity index (χ4n) is 0.939. The standard InChI is InChI=1S/C9H9N3O2/c10-5-6-14-8-4-2-1-3-7(8)12-9(11)13/h1-4H,6H2,(H3,11,12,13). The van der Waals surface area contributed by atoms with Crippen LogP contribution in [0.3, 0.4) is 0 Å². The highest BCUT2D eigenvalue weighted by molar-refractivity contribution is 5.89. The molecule has 14 heavy (non-hydrogen) atoms. The summed E-state index contributed by atoms with van der Waals surface area (Å²) in [4.78, 5) is 10.6. The first-order chi connectivity index (χ1) is 6.74. The summed E-state index contributed by atoms with van der Waals surface area (Å²) in [7, 11) is 0. The minimum Gasteiger partial charge on any atom is -0.477 e. The molecule has 0 radical (unpaired) electrons. The molecule has 0 aliphatic carbocycles. The van der Waals surface area contributed by atoms with Gasteiger partial charge in [-0.05, 0) is 12.1 Å². The molecular formula is C9H9N3O2. The Labute approximate surface area is 81.1 Å². The number of benzene rings is 1. The van der Waals surface area contributed by atoms with Gasteiger partial charge in [-0.1, -0.05) is 12.1 Å². The maximum atomic E-state index is 10.6. The molecule has 1 aromatic rings. The number of nitrogens with one attached hydrogen (secondary N) is 1. The third-order valence-corrected chi connectivity index (χ3v) is 1.44. The summed E-state index contributed by atoms with van der Waals surface area (Å²) in [6.45, 7) is -0.0720. The summed E-state index contributed by atoms with van der Waals surface area (Å²) >= 11 is 0. The smallest absolute Gasteiger partial charge is 0.316 e. The molecule has 0 unspecified atom stereocenters. The van der Waals surface area contributed by atoms with Crippen LogP contribution in [0.2, 0.25) is 0 Å². The van der Waals surface area contributed by atoms with Crippen molar-refractivity contribution in [3.05, 3.63) is 24.3 Å². The Balaban J connectivity index is 2.81. The van der Waals surface area contributed by atoms with Gasteiger partial charge < -0.3 is 15.8 Å². The molecule has 0 aromatic heterocycles. The average molecular weight is 191 g/mol. The number of carbonyl (C=O) groups excluding carboxylic acids is 1. The largest absolute Gasteiger partial charge is 0.477 e. The lowest BCUT2D eigenvalue weighted by atomic mass is 10.3. The zero-order chi connectivity index (χ0) is 10.4. The lowest BCUT2D eigenvalue weighted by Gasteiger charge is -2.08. The average Bonchev–Trinajstić information content (AvgIpc) is 2.16. The van der Waals surface area contributed by atoms with Crippen molar-refractivity contribution < 1.29 is 9.53 Å². The van der Waals surface area contributed by atoms with Crippen molar-refractivity contribution >= 4 is 11.7 Å². The van der Waals surface area contributed by atoms with Crippen LogP contribution in [0.25, 0.3) is 0 Å². The number of primary amides is 1. The first kappa shape index (κ1) is 9.86. The molecule has 0 aliphatic heterocycles. The lowest BCUT2D eigenvalue weighted by Crippen LogP contribution is -2.19. The van der Waals surface area contributed by atoms with Crippen LogP contribution in [0, 0.1) is 11.3 Å². The molecule has 0 bridgehead atoms. The molecule has 1 rings (SSSR count). The molecule has 2 amide bonds. The highest BCUT2D eigenvalue weighted by Gasteiger charge is 2.03. The summed E-state index contributed by atoms with van der Waals surface area (Å²) in [6.07, 6.45) is 0. The van der Waals surface area contributed by atoms with E-state index in [1.54, 1.807) is 24.3 Å². The summed E-state index contributed by atoms with van der Waals surface area (Å²) in [5, 5.41) is 10.7. The number of urea groups is 1. The molecule has 0 saturated heterocycles. The Kier molecular flexibility index (Phi) is 3.33. The molecule has 72 valence electrons. The summed E-state index contributed by atoms with van der Waals surface area (Å²) in [5.74, 6) is 0.424. The number of nitrogens with two attached hydrogens (primary N) is 1. The van der Waals surface area contributed by atoms with Crippen LogP contribution in [0.15, 0.2) is 24.3 Å². The Morgan fingerprint density at radius 2 is 2.29 bits per heavy atom. The zero-order valence-corrected chi connectivity index (χ0v) is 7.36. The molecule has 0 heterocycles. The van der Waals surface area contributed by atoms with E-state index in [4.69, 9.17) is 15.7 Å². The monoisotopic (exact) mass is 191 g/mol. The van der Waals surface area contributed by atoms with Crippen LogP contribution in [0.1, 0.15) is 0 Å². The van der Waals surface area contributed by atoms with E-state index in [1.807, 2.05) is 6.07 Å². The van der Waals surface area contributed by atoms with Crippen molar-refractivity contribution in [3.63, 3.8) is 0 Å². The van der Waals surface area contributed by atoms with Gasteiger partial charge in [-0.25, -0.2) is 4.79 Å². The van der Waals surface area contributed by atoms with Crippen molar-refractivity contribution in [2.45, 2.75) is 0 Å². The topological polar surface area (TPSA) is 88.1 Å². The summed E-state index contributed by atoms with van der Waals surface area (Å²) in [5.41, 5.74) is 5.41. The zero-order valence-electron chi connectivity index (χ0n) is 7.36. The highest BCUT2D eigenvalue weighted by Crippen LogP contribution is 2.23. The van der Waals surface area contributed by atoms with Crippen LogP contribution in [0.4, 0.5) is 10.5 Å². The number of nitriles is 1. The number of amides is 2. The predicted molar refractivity (Wildman–Crippen MR) is 50.8 cm³/mol. The van der Waals surface area contributed by atoms with Gasteiger partial charge in [-0.2, -0.15) is 5.26 Å². The number of rotatable bonds is 3. The number of para-hydroxylation sites is 2. The van der Waals surface area contributed by atoms with Gasteiger partial charge >= 0.3 is 6.03 Å². The second-order valence-electron chi connectivity index (χ2n) is 2.43. The number of ether oxygens (including phenoxy) is 1. The number of anilines is 1. The van der Waals surface area contributed by atoms with E-state index in [0.29, 0.717) is 11.4 Å². The van der Waals surface area contributed by atoms with Gasteiger partial charge in [0.25, 0.3) is 0 Å². The minimum absolute atomic E-state index is 0.0720. The normalized spacial score (nSPS) is 8.79. The van der Waals surface area contributed by atoms with E-state index in [2.05, 4.69) is 5.32 Å². The first-order valence-corrected chi connectivity index (χ1v) is 3.89. The van der Waals surface area contributed by atoms with Crippen molar-refractivity contribution in [2.75, 3.05) is 11.9 Å². The quantitative estimate of drug-likeness (QED) is 0.749. The van der Waals surface area contributed by atoms with Gasteiger partial charge in [-0.15, -0.1) is 0 Å². The molecule has 5 heteroatoms. The maximum absolute atomic E-state index is 10.6. The Bertz CT molecular complexity index is 371. The van der Waals surface area contributed by atoms with Gasteiger partial charge in [0.1, 0.15) is 11.8 Å². The van der Waals surface area contributed by atoms with E-state index in [0.717, 1.165) is 0 Å². The van der Waals surface area contributed by atoms with Crippen molar-refractivity contribution in [1.82, 2.24) is 0 Å². The molecule has 0 saturated carbocycles. The van der Waals surface area contributed by atoms with Crippen LogP contribution in [0.5, 0.6) is 5.75 Å². The Morgan fingerprint density at radius 1 is 1.57 bits per heavy atom. The van der Waals surface area contributed by atoms with E-state index >= 15 is 0 Å². The molecule has 0 spiro atoms. The SMILES string of the molecule is N#CCOc1ccccc1NC(N)=O. The molecular weight excluding hydrogens is 182 g/mol. The number of carbonyl (C=O) groups is 1. The Morgan fingerprint density at radius 3 is 2.93 bits per heavy atom. The van der Waals surface area contributed by atoms with Gasteiger partial charge in [0.15, 0.2) is 6.61 Å². The third kappa shape index (κ3) is 2.68. The van der Waals surface area contributed by atoms with E-state index in [9.17, 15) is 4.79 Å². The first-order valence-electron chi connectivity index (χ1n) is 3.89. The molecule has 0 aliphatic rings. The molecule has 3 N–H and O–H groups in total. The van der Waals surface area contributed by atoms with Gasteiger partial charge in [0.05, 0.1) is 5.69 Å². The van der Waals surface area contributed by atoms with Crippen LogP contribution in [-0.4, -0.2) is 12.6 Å². The number of nitrogens with zero attached hydrogens (tertiary/aromatic N) is 1. The Hall–Kier alpha value is -2.22. The molecule has 0 fully saturated rings. The van der Waals surface area contributed by atoms with Gasteiger partial charge in [0.2, 0.25) is 0 Å². The predicted octanol–water partition coefficient (Wildman–Crippen LogP) is 1.08. The minimum atomic E-state index is -0.669. The fourth-order valence-corrected chi connectivity index (χ4v) is 0.939. The van der Waals surface area contributed by atoms with Crippen molar-refractivity contribution in [1.29, 1.82) is 5.26 Å². The van der Waals surface area contributed by atoms with E-state index in [1.165, 1.54) is 0 Å². The maximum Gasteiger partial charge on any atom is 0.316 e. The molecule has 1 aromatic carbocycles. The lowest BCUT2D eigenvalue weighted by molar-refractivity contribution is 0.259. The van der Waals surface area contributed by atoms with Gasteiger partial charge in [0, 0.05) is 0 Å². The second-order valence-corrected chi connectivity index (χ2v) is 2.43. The number of hydrogen-bond acceptors (Lipinski definition) is 3.